The zero-order valence-corrected chi connectivity index (χ0v) is 6.65. The second kappa shape index (κ2) is 4.19. The van der Waals surface area contributed by atoms with E-state index in [9.17, 15) is 4.39 Å². The number of hydrogen-bond acceptors (Lipinski definition) is 2. The predicted octanol–water partition coefficient (Wildman–Crippen LogP) is 0.932. The van der Waals surface area contributed by atoms with E-state index in [0.717, 1.165) is 13.1 Å². The molecule has 1 saturated carbocycles. The molecule has 0 aromatic heterocycles. The molecule has 0 aromatic rings. The molecule has 2 nitrogen and oxygen atoms in total. The predicted molar refractivity (Wildman–Crippen MR) is 49.0 cm³/mol. The van der Waals surface area contributed by atoms with Crippen molar-refractivity contribution in [1.29, 1.82) is 0 Å². The van der Waals surface area contributed by atoms with Crippen molar-refractivity contribution in [3.8, 4) is 0 Å². The summed E-state index contributed by atoms with van der Waals surface area (Å²) in [5.74, 6) is 0.218. The maximum absolute atomic E-state index is 13.0. The summed E-state index contributed by atoms with van der Waals surface area (Å²) in [5.41, 5.74) is 0. The Kier molecular flexibility index (Phi) is 3.47. The third-order valence-corrected chi connectivity index (χ3v) is 2.50. The van der Waals surface area contributed by atoms with Crippen LogP contribution < -0.4 is 10.6 Å². The standard InChI is InChI=1S/C8H15FN2.CH4/c9-8-5-10-3-6(8)4-11-7-1-2-7;/h6-8,10-11H,1-5H2;1H4/t6-,8-;/m1./s1. The molecule has 1 heterocycles. The van der Waals surface area contributed by atoms with Gasteiger partial charge in [0.05, 0.1) is 0 Å². The summed E-state index contributed by atoms with van der Waals surface area (Å²) in [5, 5.41) is 6.40. The van der Waals surface area contributed by atoms with E-state index < -0.39 is 6.17 Å². The Bertz CT molecular complexity index is 136. The Morgan fingerprint density at radius 2 is 2.08 bits per heavy atom. The lowest BCUT2D eigenvalue weighted by Crippen LogP contribution is -2.29. The average Bonchev–Trinajstić information content (AvgIpc) is 2.73. The summed E-state index contributed by atoms with van der Waals surface area (Å²) >= 11 is 0. The van der Waals surface area contributed by atoms with Gasteiger partial charge in [-0.25, -0.2) is 4.39 Å². The summed E-state index contributed by atoms with van der Waals surface area (Å²) in [6.45, 7) is 2.26. The van der Waals surface area contributed by atoms with Crippen molar-refractivity contribution in [2.24, 2.45) is 5.92 Å². The first-order chi connectivity index (χ1) is 5.36. The third-order valence-electron chi connectivity index (χ3n) is 2.50. The molecule has 2 fully saturated rings. The van der Waals surface area contributed by atoms with Crippen LogP contribution in [0.15, 0.2) is 0 Å². The fourth-order valence-electron chi connectivity index (χ4n) is 1.51. The molecule has 0 radical (unpaired) electrons. The lowest BCUT2D eigenvalue weighted by Gasteiger charge is -2.11. The van der Waals surface area contributed by atoms with Crippen LogP contribution in [0.4, 0.5) is 4.39 Å². The van der Waals surface area contributed by atoms with E-state index in [1.54, 1.807) is 0 Å². The van der Waals surface area contributed by atoms with Gasteiger partial charge < -0.3 is 10.6 Å². The molecule has 0 amide bonds. The number of rotatable bonds is 3. The minimum atomic E-state index is -0.624. The van der Waals surface area contributed by atoms with E-state index in [-0.39, 0.29) is 13.3 Å². The maximum Gasteiger partial charge on any atom is 0.118 e. The molecule has 0 spiro atoms. The number of hydrogen-bond donors (Lipinski definition) is 2. The molecule has 2 N–H and O–H groups in total. The van der Waals surface area contributed by atoms with Crippen LogP contribution in [0.5, 0.6) is 0 Å². The van der Waals surface area contributed by atoms with E-state index in [4.69, 9.17) is 0 Å². The lowest BCUT2D eigenvalue weighted by molar-refractivity contribution is 0.276. The Morgan fingerprint density at radius 3 is 2.58 bits per heavy atom. The van der Waals surface area contributed by atoms with Crippen molar-refractivity contribution in [3.05, 3.63) is 0 Å². The van der Waals surface area contributed by atoms with Crippen molar-refractivity contribution in [2.45, 2.75) is 32.5 Å². The van der Waals surface area contributed by atoms with Crippen molar-refractivity contribution >= 4 is 0 Å². The molecule has 2 rings (SSSR count). The molecule has 3 heteroatoms. The minimum absolute atomic E-state index is 0. The topological polar surface area (TPSA) is 24.1 Å². The van der Waals surface area contributed by atoms with Crippen molar-refractivity contribution in [2.75, 3.05) is 19.6 Å². The van der Waals surface area contributed by atoms with Gasteiger partial charge in [-0.3, -0.25) is 0 Å². The molecule has 0 aromatic carbocycles. The van der Waals surface area contributed by atoms with Crippen LogP contribution in [0, 0.1) is 5.92 Å². The summed E-state index contributed by atoms with van der Waals surface area (Å²) < 4.78 is 13.0. The SMILES string of the molecule is C.F[C@@H]1CNC[C@@H]1CNC1CC1. The van der Waals surface area contributed by atoms with E-state index >= 15 is 0 Å². The van der Waals surface area contributed by atoms with Gasteiger partial charge in [0.25, 0.3) is 0 Å². The van der Waals surface area contributed by atoms with Crippen molar-refractivity contribution < 1.29 is 4.39 Å². The van der Waals surface area contributed by atoms with Crippen LogP contribution in [0.2, 0.25) is 0 Å². The van der Waals surface area contributed by atoms with Gasteiger partial charge in [-0.15, -0.1) is 0 Å². The van der Waals surface area contributed by atoms with Gasteiger partial charge in [0, 0.05) is 31.6 Å². The Balaban J connectivity index is 0.000000720. The highest BCUT2D eigenvalue weighted by Gasteiger charge is 2.28. The second-order valence-corrected chi connectivity index (χ2v) is 3.62. The number of nitrogens with one attached hydrogen (secondary N) is 2. The van der Waals surface area contributed by atoms with Gasteiger partial charge in [0.2, 0.25) is 0 Å². The first kappa shape index (κ1) is 9.93. The van der Waals surface area contributed by atoms with E-state index in [1.165, 1.54) is 12.8 Å². The fourth-order valence-corrected chi connectivity index (χ4v) is 1.51. The summed E-state index contributed by atoms with van der Waals surface area (Å²) in [6.07, 6.45) is 1.95. The zero-order valence-electron chi connectivity index (χ0n) is 6.65. The normalized spacial score (nSPS) is 34.8. The average molecular weight is 174 g/mol. The van der Waals surface area contributed by atoms with Gasteiger partial charge in [-0.05, 0) is 12.8 Å². The summed E-state index contributed by atoms with van der Waals surface area (Å²) in [4.78, 5) is 0. The van der Waals surface area contributed by atoms with E-state index in [2.05, 4.69) is 10.6 Å². The van der Waals surface area contributed by atoms with Crippen LogP contribution >= 0.6 is 0 Å². The van der Waals surface area contributed by atoms with Crippen LogP contribution in [-0.4, -0.2) is 31.8 Å². The molecule has 2 atom stereocenters. The number of halogens is 1. The molecular weight excluding hydrogens is 155 g/mol. The van der Waals surface area contributed by atoms with Gasteiger partial charge in [0.15, 0.2) is 0 Å². The quantitative estimate of drug-likeness (QED) is 0.665. The maximum atomic E-state index is 13.0. The largest absolute Gasteiger partial charge is 0.314 e. The van der Waals surface area contributed by atoms with Crippen LogP contribution in [-0.2, 0) is 0 Å². The lowest BCUT2D eigenvalue weighted by atomic mass is 10.1. The summed E-state index contributed by atoms with van der Waals surface area (Å²) in [6, 6.07) is 0.711. The van der Waals surface area contributed by atoms with Gasteiger partial charge in [-0.2, -0.15) is 0 Å². The highest BCUT2D eigenvalue weighted by atomic mass is 19.1. The second-order valence-electron chi connectivity index (χ2n) is 3.62. The number of alkyl halides is 1. The Morgan fingerprint density at radius 1 is 1.33 bits per heavy atom. The Labute approximate surface area is 73.9 Å². The van der Waals surface area contributed by atoms with Gasteiger partial charge in [-0.1, -0.05) is 7.43 Å². The first-order valence-electron chi connectivity index (χ1n) is 4.44. The molecule has 12 heavy (non-hydrogen) atoms. The monoisotopic (exact) mass is 174 g/mol. The van der Waals surface area contributed by atoms with E-state index in [0.29, 0.717) is 12.6 Å². The molecule has 1 aliphatic carbocycles. The van der Waals surface area contributed by atoms with E-state index in [1.807, 2.05) is 0 Å². The van der Waals surface area contributed by atoms with Gasteiger partial charge in [0.1, 0.15) is 6.17 Å². The Hall–Kier alpha value is -0.150. The van der Waals surface area contributed by atoms with Crippen molar-refractivity contribution in [1.82, 2.24) is 10.6 Å². The van der Waals surface area contributed by atoms with Crippen LogP contribution in [0.1, 0.15) is 20.3 Å². The molecule has 0 unspecified atom stereocenters. The molecular formula is C9H19FN2. The highest BCUT2D eigenvalue weighted by molar-refractivity contribution is 4.87. The fraction of sp³-hybridized carbons (Fsp3) is 1.00. The molecule has 1 aliphatic heterocycles. The zero-order chi connectivity index (χ0) is 7.68. The van der Waals surface area contributed by atoms with Crippen molar-refractivity contribution in [3.63, 3.8) is 0 Å². The smallest absolute Gasteiger partial charge is 0.118 e. The molecule has 2 aliphatic rings. The minimum Gasteiger partial charge on any atom is -0.314 e. The molecule has 72 valence electrons. The highest BCUT2D eigenvalue weighted by Crippen LogP contribution is 2.20. The third kappa shape index (κ3) is 2.42. The van der Waals surface area contributed by atoms with Crippen LogP contribution in [0.25, 0.3) is 0 Å². The summed E-state index contributed by atoms with van der Waals surface area (Å²) in [7, 11) is 0. The first-order valence-corrected chi connectivity index (χ1v) is 4.44. The van der Waals surface area contributed by atoms with Crippen LogP contribution in [0.3, 0.4) is 0 Å². The molecule has 0 bridgehead atoms. The van der Waals surface area contributed by atoms with Gasteiger partial charge >= 0.3 is 0 Å². The molecule has 1 saturated heterocycles.